The molecule has 0 saturated heterocycles. The van der Waals surface area contributed by atoms with E-state index in [-0.39, 0.29) is 6.71 Å². The quantitative estimate of drug-likeness (QED) is 0.199. The Morgan fingerprint density at radius 3 is 2.34 bits per heavy atom. The molecule has 0 bridgehead atoms. The third-order valence-electron chi connectivity index (χ3n) is 9.17. The first kappa shape index (κ1) is 23.7. The van der Waals surface area contributed by atoms with Crippen LogP contribution in [0.5, 0.6) is 11.5 Å². The van der Waals surface area contributed by atoms with Gasteiger partial charge < -0.3 is 14.1 Å². The van der Waals surface area contributed by atoms with E-state index in [0.29, 0.717) is 0 Å². The van der Waals surface area contributed by atoms with Crippen LogP contribution in [-0.2, 0) is 0 Å². The summed E-state index contributed by atoms with van der Waals surface area (Å²) in [4.78, 5) is 6.99. The number of fused-ring (bicyclic) bond motifs is 9. The molecule has 2 aliphatic rings. The zero-order chi connectivity index (χ0) is 28.8. The molecule has 0 atom stereocenters. The van der Waals surface area contributed by atoms with Crippen molar-refractivity contribution in [3.63, 3.8) is 0 Å². The van der Waals surface area contributed by atoms with Crippen LogP contribution in [-0.4, -0.2) is 11.7 Å². The van der Waals surface area contributed by atoms with Gasteiger partial charge in [0.25, 0.3) is 6.71 Å². The van der Waals surface area contributed by atoms with Gasteiger partial charge in [-0.2, -0.15) is 0 Å². The van der Waals surface area contributed by atoms with Crippen LogP contribution in [0.4, 0.5) is 17.1 Å². The molecule has 2 aromatic heterocycles. The summed E-state index contributed by atoms with van der Waals surface area (Å²) in [5.41, 5.74) is 10.4. The summed E-state index contributed by atoms with van der Waals surface area (Å²) in [6, 6.07) is 47.0. The summed E-state index contributed by atoms with van der Waals surface area (Å²) in [6.45, 7) is 0.00530. The van der Waals surface area contributed by atoms with Crippen molar-refractivity contribution in [2.45, 2.75) is 0 Å². The van der Waals surface area contributed by atoms with Crippen LogP contribution in [0.2, 0.25) is 0 Å². The van der Waals surface area contributed by atoms with Crippen molar-refractivity contribution in [1.82, 2.24) is 4.98 Å². The van der Waals surface area contributed by atoms with Gasteiger partial charge in [0.05, 0.1) is 5.69 Å². The highest BCUT2D eigenvalue weighted by atomic mass is 16.5. The zero-order valence-corrected chi connectivity index (χ0v) is 23.6. The Morgan fingerprint density at radius 1 is 0.591 bits per heavy atom. The molecular weight excluding hydrogens is 539 g/mol. The van der Waals surface area contributed by atoms with E-state index < -0.39 is 0 Å². The van der Waals surface area contributed by atoms with Gasteiger partial charge in [-0.05, 0) is 75.7 Å². The second kappa shape index (κ2) is 8.85. The van der Waals surface area contributed by atoms with Crippen molar-refractivity contribution in [1.29, 1.82) is 0 Å². The maximum atomic E-state index is 6.85. The van der Waals surface area contributed by atoms with Gasteiger partial charge in [-0.15, -0.1) is 0 Å². The van der Waals surface area contributed by atoms with E-state index in [1.165, 1.54) is 27.4 Å². The molecule has 0 fully saturated rings. The Morgan fingerprint density at radius 2 is 1.41 bits per heavy atom. The number of anilines is 3. The Bertz CT molecular complexity index is 2450. The molecule has 5 heteroatoms. The van der Waals surface area contributed by atoms with Crippen LogP contribution < -0.4 is 26.0 Å². The molecule has 4 heterocycles. The summed E-state index contributed by atoms with van der Waals surface area (Å²) in [6.07, 6.45) is 1.82. The fourth-order valence-electron chi connectivity index (χ4n) is 7.26. The van der Waals surface area contributed by atoms with Gasteiger partial charge in [0, 0.05) is 39.6 Å². The predicted molar refractivity (Wildman–Crippen MR) is 180 cm³/mol. The molecule has 204 valence electrons. The number of rotatable bonds is 2. The van der Waals surface area contributed by atoms with E-state index in [4.69, 9.17) is 9.15 Å². The van der Waals surface area contributed by atoms with Gasteiger partial charge in [0.2, 0.25) is 0 Å². The Hall–Kier alpha value is -5.81. The number of para-hydroxylation sites is 2. The second-order valence-corrected chi connectivity index (χ2v) is 11.5. The lowest BCUT2D eigenvalue weighted by Gasteiger charge is -2.39. The van der Waals surface area contributed by atoms with Crippen LogP contribution in [0.15, 0.2) is 144 Å². The molecule has 0 saturated carbocycles. The van der Waals surface area contributed by atoms with Crippen molar-refractivity contribution in [2.75, 3.05) is 4.90 Å². The molecule has 0 amide bonds. The molecule has 0 radical (unpaired) electrons. The van der Waals surface area contributed by atoms with Crippen LogP contribution in [0.3, 0.4) is 0 Å². The average molecular weight is 562 g/mol. The van der Waals surface area contributed by atoms with Crippen LogP contribution in [0.25, 0.3) is 44.0 Å². The lowest BCUT2D eigenvalue weighted by atomic mass is 9.34. The van der Waals surface area contributed by atoms with Crippen molar-refractivity contribution >= 4 is 72.9 Å². The number of ether oxygens (including phenoxy) is 1. The first-order valence-electron chi connectivity index (χ1n) is 14.9. The van der Waals surface area contributed by atoms with Crippen molar-refractivity contribution in [3.8, 4) is 22.8 Å². The Balaban J connectivity index is 1.21. The Labute approximate surface area is 253 Å². The highest BCUT2D eigenvalue weighted by Crippen LogP contribution is 2.44. The largest absolute Gasteiger partial charge is 0.454 e. The van der Waals surface area contributed by atoms with Crippen molar-refractivity contribution in [3.05, 3.63) is 140 Å². The van der Waals surface area contributed by atoms with E-state index in [1.54, 1.807) is 0 Å². The van der Waals surface area contributed by atoms with E-state index in [2.05, 4.69) is 125 Å². The zero-order valence-electron chi connectivity index (χ0n) is 23.6. The minimum absolute atomic E-state index is 0.00530. The number of nitrogens with zero attached hydrogens (tertiary/aromatic N) is 2. The first-order valence-corrected chi connectivity index (χ1v) is 14.9. The molecule has 10 rings (SSSR count). The van der Waals surface area contributed by atoms with Gasteiger partial charge in [-0.3, -0.25) is 4.98 Å². The number of aromatic nitrogens is 1. The van der Waals surface area contributed by atoms with E-state index in [9.17, 15) is 0 Å². The molecule has 0 N–H and O–H groups in total. The standard InChI is InChI=1S/C39H23BN2O2/c1-2-10-25-23-26(19-18-24(25)9-1)42-33-15-4-3-13-30(33)40-31-21-20-28-27-11-7-12-29(32-14-5-6-22-41-32)37(27)44-38(28)39(31)43-35-17-8-16-34(42)36(35)40/h1-23H. The minimum Gasteiger partial charge on any atom is -0.454 e. The highest BCUT2D eigenvalue weighted by molar-refractivity contribution is 6.99. The average Bonchev–Trinajstić information content (AvgIpc) is 3.48. The van der Waals surface area contributed by atoms with Crippen LogP contribution >= 0.6 is 0 Å². The second-order valence-electron chi connectivity index (χ2n) is 11.5. The van der Waals surface area contributed by atoms with Crippen LogP contribution in [0.1, 0.15) is 0 Å². The first-order chi connectivity index (χ1) is 21.8. The number of benzene rings is 6. The number of hydrogen-bond donors (Lipinski definition) is 0. The SMILES string of the molecule is c1ccc(-c2cccc3c2oc2c4c(ccc23)B2c3ccccc3N(c3ccc5ccccc5c3)c3cccc(c32)O4)nc1. The van der Waals surface area contributed by atoms with Gasteiger partial charge in [-0.1, -0.05) is 84.9 Å². The Kier molecular flexibility index (Phi) is 4.77. The molecule has 2 aliphatic heterocycles. The summed E-state index contributed by atoms with van der Waals surface area (Å²) in [5, 5.41) is 4.54. The molecule has 0 aliphatic carbocycles. The highest BCUT2D eigenvalue weighted by Gasteiger charge is 2.42. The van der Waals surface area contributed by atoms with Gasteiger partial charge in [0.1, 0.15) is 11.3 Å². The third kappa shape index (κ3) is 3.21. The molecule has 6 aromatic carbocycles. The topological polar surface area (TPSA) is 38.5 Å². The summed E-state index contributed by atoms with van der Waals surface area (Å²) in [5.74, 6) is 1.65. The van der Waals surface area contributed by atoms with Gasteiger partial charge in [0.15, 0.2) is 11.3 Å². The molecule has 0 unspecified atom stereocenters. The van der Waals surface area contributed by atoms with E-state index >= 15 is 0 Å². The smallest absolute Gasteiger partial charge is 0.256 e. The number of pyridine rings is 1. The minimum atomic E-state index is 0.00530. The molecule has 4 nitrogen and oxygen atoms in total. The molecule has 8 aromatic rings. The maximum absolute atomic E-state index is 6.85. The van der Waals surface area contributed by atoms with Crippen molar-refractivity contribution in [2.24, 2.45) is 0 Å². The number of hydrogen-bond acceptors (Lipinski definition) is 4. The molecule has 0 spiro atoms. The normalized spacial score (nSPS) is 13.1. The van der Waals surface area contributed by atoms with Gasteiger partial charge in [-0.25, -0.2) is 0 Å². The number of furan rings is 1. The van der Waals surface area contributed by atoms with E-state index in [0.717, 1.165) is 61.5 Å². The molecular formula is C39H23BN2O2. The summed E-state index contributed by atoms with van der Waals surface area (Å²) in [7, 11) is 0. The monoisotopic (exact) mass is 562 g/mol. The lowest BCUT2D eigenvalue weighted by Crippen LogP contribution is -2.59. The predicted octanol–water partition coefficient (Wildman–Crippen LogP) is 8.21. The lowest BCUT2D eigenvalue weighted by molar-refractivity contribution is 0.481. The van der Waals surface area contributed by atoms with E-state index in [1.807, 2.05) is 24.4 Å². The molecule has 44 heavy (non-hydrogen) atoms. The maximum Gasteiger partial charge on any atom is 0.256 e. The fraction of sp³-hybridized carbons (Fsp3) is 0. The van der Waals surface area contributed by atoms with Crippen molar-refractivity contribution < 1.29 is 9.15 Å². The summed E-state index contributed by atoms with van der Waals surface area (Å²) >= 11 is 0. The van der Waals surface area contributed by atoms with Crippen LogP contribution in [0, 0.1) is 0 Å². The van der Waals surface area contributed by atoms with Gasteiger partial charge >= 0.3 is 0 Å². The third-order valence-corrected chi connectivity index (χ3v) is 9.17. The summed E-state index contributed by atoms with van der Waals surface area (Å²) < 4.78 is 13.6. The fourth-order valence-corrected chi connectivity index (χ4v) is 7.26.